The molecule has 0 unspecified atom stereocenters. The Labute approximate surface area is 92.7 Å². The number of terminal acetylenes is 1. The van der Waals surface area contributed by atoms with Gasteiger partial charge in [-0.1, -0.05) is 31.8 Å². The van der Waals surface area contributed by atoms with Crippen LogP contribution >= 0.6 is 0 Å². The van der Waals surface area contributed by atoms with E-state index < -0.39 is 5.97 Å². The van der Waals surface area contributed by atoms with Crippen molar-refractivity contribution < 1.29 is 9.53 Å². The minimum absolute atomic E-state index is 0.454. The number of rotatable bonds is 9. The van der Waals surface area contributed by atoms with Gasteiger partial charge in [0.2, 0.25) is 0 Å². The van der Waals surface area contributed by atoms with Gasteiger partial charge in [0.25, 0.3) is 0 Å². The van der Waals surface area contributed by atoms with E-state index in [0.29, 0.717) is 6.61 Å². The average molecular weight is 208 g/mol. The van der Waals surface area contributed by atoms with Crippen molar-refractivity contribution in [1.82, 2.24) is 0 Å². The number of ether oxygens (including phenoxy) is 1. The van der Waals surface area contributed by atoms with Crippen molar-refractivity contribution in [2.75, 3.05) is 6.61 Å². The normalized spacial score (nSPS) is 9.27. The summed E-state index contributed by atoms with van der Waals surface area (Å²) in [5, 5.41) is 0. The maximum atomic E-state index is 10.6. The third kappa shape index (κ3) is 10.7. The molecule has 0 N–H and O–H groups in total. The SMILES string of the molecule is C#CC(=O)OCCCCCCCCC=C. The minimum atomic E-state index is -0.555. The molecular weight excluding hydrogens is 188 g/mol. The van der Waals surface area contributed by atoms with E-state index >= 15 is 0 Å². The molecule has 0 rings (SSSR count). The first kappa shape index (κ1) is 13.8. The first-order valence-electron chi connectivity index (χ1n) is 5.55. The molecule has 84 valence electrons. The molecule has 0 aliphatic rings. The zero-order valence-electron chi connectivity index (χ0n) is 9.34. The van der Waals surface area contributed by atoms with Crippen LogP contribution in [0.4, 0.5) is 0 Å². The molecule has 0 aliphatic carbocycles. The summed E-state index contributed by atoms with van der Waals surface area (Å²) in [6, 6.07) is 0. The third-order valence-corrected chi connectivity index (χ3v) is 2.15. The standard InChI is InChI=1S/C13H20O2/c1-3-5-6-7-8-9-10-11-12-15-13(14)4-2/h2-3H,1,5-12H2. The lowest BCUT2D eigenvalue weighted by Gasteiger charge is -2.01. The van der Waals surface area contributed by atoms with Crippen molar-refractivity contribution in [3.8, 4) is 12.3 Å². The summed E-state index contributed by atoms with van der Waals surface area (Å²) >= 11 is 0. The number of allylic oxidation sites excluding steroid dienone is 1. The summed E-state index contributed by atoms with van der Waals surface area (Å²) < 4.78 is 4.75. The van der Waals surface area contributed by atoms with Crippen LogP contribution in [0, 0.1) is 12.3 Å². The van der Waals surface area contributed by atoms with Crippen molar-refractivity contribution in [1.29, 1.82) is 0 Å². The molecule has 0 bridgehead atoms. The van der Waals surface area contributed by atoms with E-state index in [2.05, 4.69) is 6.58 Å². The largest absolute Gasteiger partial charge is 0.456 e. The fraction of sp³-hybridized carbons (Fsp3) is 0.615. The summed E-state index contributed by atoms with van der Waals surface area (Å²) in [6.45, 7) is 4.13. The Morgan fingerprint density at radius 2 is 1.80 bits per heavy atom. The maximum absolute atomic E-state index is 10.6. The Morgan fingerprint density at radius 3 is 2.40 bits per heavy atom. The van der Waals surface area contributed by atoms with Gasteiger partial charge in [-0.25, -0.2) is 4.79 Å². The second-order valence-electron chi connectivity index (χ2n) is 3.48. The van der Waals surface area contributed by atoms with Crippen LogP contribution in [0.1, 0.15) is 44.9 Å². The molecule has 0 fully saturated rings. The number of carbonyl (C=O) groups is 1. The van der Waals surface area contributed by atoms with Gasteiger partial charge in [0, 0.05) is 5.92 Å². The monoisotopic (exact) mass is 208 g/mol. The predicted molar refractivity (Wildman–Crippen MR) is 62.3 cm³/mol. The van der Waals surface area contributed by atoms with Crippen LogP contribution in [-0.4, -0.2) is 12.6 Å². The average Bonchev–Trinajstić information content (AvgIpc) is 2.26. The molecule has 0 aromatic heterocycles. The van der Waals surface area contributed by atoms with Crippen molar-refractivity contribution in [3.05, 3.63) is 12.7 Å². The van der Waals surface area contributed by atoms with Crippen LogP contribution in [0.25, 0.3) is 0 Å². The van der Waals surface area contributed by atoms with Crippen LogP contribution < -0.4 is 0 Å². The molecule has 0 atom stereocenters. The van der Waals surface area contributed by atoms with Gasteiger partial charge in [0.05, 0.1) is 6.61 Å². The zero-order valence-corrected chi connectivity index (χ0v) is 9.34. The summed E-state index contributed by atoms with van der Waals surface area (Å²) in [7, 11) is 0. The van der Waals surface area contributed by atoms with E-state index in [0.717, 1.165) is 19.3 Å². The molecule has 2 nitrogen and oxygen atoms in total. The van der Waals surface area contributed by atoms with E-state index in [1.165, 1.54) is 25.7 Å². The van der Waals surface area contributed by atoms with Crippen LogP contribution in [0.2, 0.25) is 0 Å². The van der Waals surface area contributed by atoms with Crippen molar-refractivity contribution >= 4 is 5.97 Å². The summed E-state index contributed by atoms with van der Waals surface area (Å²) in [6.07, 6.45) is 14.9. The lowest BCUT2D eigenvalue weighted by atomic mass is 10.1. The smallest absolute Gasteiger partial charge is 0.384 e. The summed E-state index contributed by atoms with van der Waals surface area (Å²) in [5.41, 5.74) is 0. The first-order chi connectivity index (χ1) is 7.31. The highest BCUT2D eigenvalue weighted by Crippen LogP contribution is 2.07. The molecule has 15 heavy (non-hydrogen) atoms. The fourth-order valence-electron chi connectivity index (χ4n) is 1.30. The quantitative estimate of drug-likeness (QED) is 0.191. The van der Waals surface area contributed by atoms with Gasteiger partial charge in [-0.2, -0.15) is 0 Å². The predicted octanol–water partition coefficient (Wildman–Crippen LogP) is 3.08. The molecule has 0 heterocycles. The Balaban J connectivity index is 3.02. The third-order valence-electron chi connectivity index (χ3n) is 2.15. The highest BCUT2D eigenvalue weighted by atomic mass is 16.5. The maximum Gasteiger partial charge on any atom is 0.384 e. The van der Waals surface area contributed by atoms with Gasteiger partial charge in [-0.15, -0.1) is 13.0 Å². The van der Waals surface area contributed by atoms with Gasteiger partial charge < -0.3 is 4.74 Å². The molecule has 0 amide bonds. The van der Waals surface area contributed by atoms with Crippen LogP contribution in [0.3, 0.4) is 0 Å². The molecule has 0 aromatic rings. The van der Waals surface area contributed by atoms with E-state index in [4.69, 9.17) is 11.2 Å². The topological polar surface area (TPSA) is 26.3 Å². The fourth-order valence-corrected chi connectivity index (χ4v) is 1.30. The number of carbonyl (C=O) groups excluding carboxylic acids is 1. The lowest BCUT2D eigenvalue weighted by Crippen LogP contribution is -2.02. The van der Waals surface area contributed by atoms with E-state index in [-0.39, 0.29) is 0 Å². The Morgan fingerprint density at radius 1 is 1.20 bits per heavy atom. The minimum Gasteiger partial charge on any atom is -0.456 e. The second-order valence-corrected chi connectivity index (χ2v) is 3.48. The van der Waals surface area contributed by atoms with Gasteiger partial charge in [-0.3, -0.25) is 0 Å². The van der Waals surface area contributed by atoms with Gasteiger partial charge >= 0.3 is 5.97 Å². The van der Waals surface area contributed by atoms with Crippen LogP contribution in [0.15, 0.2) is 12.7 Å². The molecular formula is C13H20O2. The van der Waals surface area contributed by atoms with Crippen molar-refractivity contribution in [2.45, 2.75) is 44.9 Å². The highest BCUT2D eigenvalue weighted by Gasteiger charge is 1.95. The summed E-state index contributed by atoms with van der Waals surface area (Å²) in [5.74, 6) is 1.37. The van der Waals surface area contributed by atoms with E-state index in [1.54, 1.807) is 0 Å². The second kappa shape index (κ2) is 10.8. The van der Waals surface area contributed by atoms with Crippen LogP contribution in [0.5, 0.6) is 0 Å². The lowest BCUT2D eigenvalue weighted by molar-refractivity contribution is -0.136. The van der Waals surface area contributed by atoms with Crippen molar-refractivity contribution in [2.24, 2.45) is 0 Å². The number of hydrogen-bond donors (Lipinski definition) is 0. The molecule has 0 saturated carbocycles. The van der Waals surface area contributed by atoms with Crippen LogP contribution in [-0.2, 0) is 9.53 Å². The van der Waals surface area contributed by atoms with Gasteiger partial charge in [-0.05, 0) is 19.3 Å². The number of hydrogen-bond acceptors (Lipinski definition) is 2. The summed E-state index contributed by atoms with van der Waals surface area (Å²) in [4.78, 5) is 10.6. The molecule has 0 aromatic carbocycles. The molecule has 0 radical (unpaired) electrons. The van der Waals surface area contributed by atoms with Gasteiger partial charge in [0.15, 0.2) is 0 Å². The molecule has 0 aliphatic heterocycles. The number of unbranched alkanes of at least 4 members (excludes halogenated alkanes) is 6. The van der Waals surface area contributed by atoms with E-state index in [9.17, 15) is 4.79 Å². The highest BCUT2D eigenvalue weighted by molar-refractivity contribution is 5.87. The first-order valence-corrected chi connectivity index (χ1v) is 5.55. The van der Waals surface area contributed by atoms with E-state index in [1.807, 2.05) is 12.0 Å². The Hall–Kier alpha value is -1.23. The van der Waals surface area contributed by atoms with Crippen molar-refractivity contribution in [3.63, 3.8) is 0 Å². The Bertz CT molecular complexity index is 213. The number of esters is 1. The Kier molecular flexibility index (Phi) is 9.96. The molecule has 0 spiro atoms. The zero-order chi connectivity index (χ0) is 11.4. The molecule has 0 saturated heterocycles. The molecule has 2 heteroatoms. The van der Waals surface area contributed by atoms with Gasteiger partial charge in [0.1, 0.15) is 0 Å².